The molecule has 0 aliphatic heterocycles. The van der Waals surface area contributed by atoms with Crippen molar-refractivity contribution in [3.63, 3.8) is 0 Å². The normalized spacial score (nSPS) is 13.0. The molecule has 0 aliphatic rings. The fourth-order valence-electron chi connectivity index (χ4n) is 1.88. The van der Waals surface area contributed by atoms with E-state index in [1.54, 1.807) is 12.5 Å². The Morgan fingerprint density at radius 1 is 1.40 bits per heavy atom. The van der Waals surface area contributed by atoms with E-state index in [9.17, 15) is 0 Å². The summed E-state index contributed by atoms with van der Waals surface area (Å²) < 4.78 is 5.13. The second-order valence-electron chi connectivity index (χ2n) is 3.65. The van der Waals surface area contributed by atoms with Crippen LogP contribution in [0, 0.1) is 13.8 Å². The smallest absolute Gasteiger partial charge is 0.0953 e. The molecule has 0 amide bonds. The molecule has 0 spiro atoms. The van der Waals surface area contributed by atoms with Gasteiger partial charge in [0.2, 0.25) is 0 Å². The van der Waals surface area contributed by atoms with Gasteiger partial charge in [0.25, 0.3) is 0 Å². The molecule has 0 saturated carbocycles. The summed E-state index contributed by atoms with van der Waals surface area (Å²) in [5, 5.41) is 3.32. The van der Waals surface area contributed by atoms with E-state index in [0.29, 0.717) is 0 Å². The molecule has 1 unspecified atom stereocenters. The summed E-state index contributed by atoms with van der Waals surface area (Å²) in [5.74, 6) is 0. The predicted octanol–water partition coefficient (Wildman–Crippen LogP) is 3.27. The van der Waals surface area contributed by atoms with Crippen molar-refractivity contribution in [2.24, 2.45) is 0 Å². The molecule has 3 heteroatoms. The third kappa shape index (κ3) is 1.98. The molecule has 2 aromatic rings. The fourth-order valence-corrected chi connectivity index (χ4v) is 2.84. The molecule has 0 saturated heterocycles. The molecule has 0 aromatic carbocycles. The van der Waals surface area contributed by atoms with E-state index in [1.807, 2.05) is 24.5 Å². The van der Waals surface area contributed by atoms with Gasteiger partial charge >= 0.3 is 0 Å². The van der Waals surface area contributed by atoms with Gasteiger partial charge in [-0.1, -0.05) is 0 Å². The molecule has 2 rings (SSSR count). The number of furan rings is 1. The molecule has 1 atom stereocenters. The van der Waals surface area contributed by atoms with E-state index < -0.39 is 0 Å². The van der Waals surface area contributed by atoms with Crippen molar-refractivity contribution in [3.8, 4) is 0 Å². The van der Waals surface area contributed by atoms with Gasteiger partial charge in [-0.05, 0) is 38.6 Å². The lowest BCUT2D eigenvalue weighted by molar-refractivity contribution is 0.557. The lowest BCUT2D eigenvalue weighted by atomic mass is 10.0. The maximum atomic E-state index is 5.13. The third-order valence-corrected chi connectivity index (χ3v) is 3.54. The molecule has 15 heavy (non-hydrogen) atoms. The summed E-state index contributed by atoms with van der Waals surface area (Å²) in [7, 11) is 1.98. The molecule has 0 aliphatic carbocycles. The van der Waals surface area contributed by atoms with Crippen LogP contribution in [-0.2, 0) is 0 Å². The largest absolute Gasteiger partial charge is 0.472 e. The van der Waals surface area contributed by atoms with Crippen molar-refractivity contribution in [3.05, 3.63) is 45.5 Å². The van der Waals surface area contributed by atoms with E-state index in [1.165, 1.54) is 20.9 Å². The molecule has 0 bridgehead atoms. The van der Waals surface area contributed by atoms with E-state index in [4.69, 9.17) is 4.42 Å². The Labute approximate surface area is 93.9 Å². The summed E-state index contributed by atoms with van der Waals surface area (Å²) in [6, 6.07) is 4.50. The molecule has 0 fully saturated rings. The van der Waals surface area contributed by atoms with Gasteiger partial charge in [0.05, 0.1) is 18.6 Å². The van der Waals surface area contributed by atoms with Gasteiger partial charge in [0, 0.05) is 15.3 Å². The highest BCUT2D eigenvalue weighted by Crippen LogP contribution is 2.30. The van der Waals surface area contributed by atoms with Gasteiger partial charge in [-0.2, -0.15) is 0 Å². The molecular formula is C12H15NOS. The highest BCUT2D eigenvalue weighted by molar-refractivity contribution is 7.12. The van der Waals surface area contributed by atoms with Gasteiger partial charge in [-0.25, -0.2) is 0 Å². The Hall–Kier alpha value is -1.06. The summed E-state index contributed by atoms with van der Waals surface area (Å²) >= 11 is 1.84. The lowest BCUT2D eigenvalue weighted by Crippen LogP contribution is -2.17. The summed E-state index contributed by atoms with van der Waals surface area (Å²) in [6.07, 6.45) is 3.52. The Morgan fingerprint density at radius 3 is 2.67 bits per heavy atom. The van der Waals surface area contributed by atoms with Crippen LogP contribution < -0.4 is 5.32 Å². The highest BCUT2D eigenvalue weighted by atomic mass is 32.1. The number of thiophene rings is 1. The quantitative estimate of drug-likeness (QED) is 0.860. The standard InChI is InChI=1S/C12H15NOS/c1-8-6-11(9(2)15-8)12(13-3)10-4-5-14-7-10/h4-7,12-13H,1-3H3. The summed E-state index contributed by atoms with van der Waals surface area (Å²) in [5.41, 5.74) is 2.53. The van der Waals surface area contributed by atoms with Crippen LogP contribution in [0.1, 0.15) is 26.9 Å². The van der Waals surface area contributed by atoms with Gasteiger partial charge in [-0.15, -0.1) is 11.3 Å². The average Bonchev–Trinajstić information content (AvgIpc) is 2.79. The highest BCUT2D eigenvalue weighted by Gasteiger charge is 2.16. The van der Waals surface area contributed by atoms with Crippen LogP contribution in [0.25, 0.3) is 0 Å². The minimum atomic E-state index is 0.244. The Bertz CT molecular complexity index is 430. The first kappa shape index (κ1) is 10.5. The lowest BCUT2D eigenvalue weighted by Gasteiger charge is -2.14. The van der Waals surface area contributed by atoms with Crippen molar-refractivity contribution < 1.29 is 4.42 Å². The van der Waals surface area contributed by atoms with Gasteiger partial charge in [-0.3, -0.25) is 0 Å². The second kappa shape index (κ2) is 4.21. The zero-order valence-corrected chi connectivity index (χ0v) is 10.0. The maximum Gasteiger partial charge on any atom is 0.0953 e. The van der Waals surface area contributed by atoms with E-state index in [2.05, 4.69) is 25.2 Å². The van der Waals surface area contributed by atoms with Crippen molar-refractivity contribution in [2.75, 3.05) is 7.05 Å². The molecule has 2 heterocycles. The first-order valence-electron chi connectivity index (χ1n) is 4.98. The zero-order valence-electron chi connectivity index (χ0n) is 9.20. The molecule has 2 aromatic heterocycles. The van der Waals surface area contributed by atoms with Gasteiger partial charge in [0.15, 0.2) is 0 Å². The number of hydrogen-bond donors (Lipinski definition) is 1. The summed E-state index contributed by atoms with van der Waals surface area (Å²) in [6.45, 7) is 4.31. The van der Waals surface area contributed by atoms with Crippen LogP contribution >= 0.6 is 11.3 Å². The molecule has 80 valence electrons. The fraction of sp³-hybridized carbons (Fsp3) is 0.333. The topological polar surface area (TPSA) is 25.2 Å². The monoisotopic (exact) mass is 221 g/mol. The molecule has 1 N–H and O–H groups in total. The van der Waals surface area contributed by atoms with E-state index in [0.717, 1.165) is 0 Å². The van der Waals surface area contributed by atoms with Gasteiger partial charge in [0.1, 0.15) is 0 Å². The van der Waals surface area contributed by atoms with Crippen molar-refractivity contribution in [1.29, 1.82) is 0 Å². The predicted molar refractivity (Wildman–Crippen MR) is 63.4 cm³/mol. The van der Waals surface area contributed by atoms with Crippen molar-refractivity contribution in [1.82, 2.24) is 5.32 Å². The molecule has 0 radical (unpaired) electrons. The first-order chi connectivity index (χ1) is 7.22. The first-order valence-corrected chi connectivity index (χ1v) is 5.80. The van der Waals surface area contributed by atoms with E-state index in [-0.39, 0.29) is 6.04 Å². The van der Waals surface area contributed by atoms with Crippen molar-refractivity contribution >= 4 is 11.3 Å². The molecule has 2 nitrogen and oxygen atoms in total. The second-order valence-corrected chi connectivity index (χ2v) is 5.11. The Kier molecular flexibility index (Phi) is 2.93. The number of nitrogens with one attached hydrogen (secondary N) is 1. The minimum Gasteiger partial charge on any atom is -0.472 e. The minimum absolute atomic E-state index is 0.244. The third-order valence-electron chi connectivity index (χ3n) is 2.56. The number of hydrogen-bond acceptors (Lipinski definition) is 3. The summed E-state index contributed by atoms with van der Waals surface area (Å²) in [4.78, 5) is 2.72. The number of rotatable bonds is 3. The van der Waals surface area contributed by atoms with Crippen molar-refractivity contribution in [2.45, 2.75) is 19.9 Å². The van der Waals surface area contributed by atoms with Gasteiger partial charge < -0.3 is 9.73 Å². The van der Waals surface area contributed by atoms with Crippen LogP contribution in [0.4, 0.5) is 0 Å². The van der Waals surface area contributed by atoms with Crippen LogP contribution in [0.5, 0.6) is 0 Å². The average molecular weight is 221 g/mol. The van der Waals surface area contributed by atoms with Crippen LogP contribution in [0.15, 0.2) is 29.1 Å². The maximum absolute atomic E-state index is 5.13. The Balaban J connectivity index is 2.39. The van der Waals surface area contributed by atoms with Crippen LogP contribution in [0.2, 0.25) is 0 Å². The van der Waals surface area contributed by atoms with Crippen LogP contribution in [0.3, 0.4) is 0 Å². The molecular weight excluding hydrogens is 206 g/mol. The SMILES string of the molecule is CNC(c1ccoc1)c1cc(C)sc1C. The van der Waals surface area contributed by atoms with E-state index >= 15 is 0 Å². The number of aryl methyl sites for hydroxylation is 2. The van der Waals surface area contributed by atoms with Crippen LogP contribution in [-0.4, -0.2) is 7.05 Å². The Morgan fingerprint density at radius 2 is 2.20 bits per heavy atom. The zero-order chi connectivity index (χ0) is 10.8.